The highest BCUT2D eigenvalue weighted by Crippen LogP contribution is 2.73. The number of Topliss-reactive ketones (excluding diaryl/α,β-unsaturated/α-hetero) is 1. The molecule has 0 N–H and O–H groups in total. The molecule has 1 heterocycles. The van der Waals surface area contributed by atoms with E-state index >= 15 is 0 Å². The highest BCUT2D eigenvalue weighted by Gasteiger charge is 2.70. The van der Waals surface area contributed by atoms with Crippen LogP contribution in [0.4, 0.5) is 0 Å². The number of allylic oxidation sites excluding steroid dienone is 4. The molecule has 7 nitrogen and oxygen atoms in total. The lowest BCUT2D eigenvalue weighted by molar-refractivity contribution is -0.162. The van der Waals surface area contributed by atoms with Crippen molar-refractivity contribution in [1.29, 1.82) is 5.26 Å². The van der Waals surface area contributed by atoms with Crippen molar-refractivity contribution in [3.05, 3.63) is 36.5 Å². The minimum atomic E-state index is -0.741. The maximum Gasteiger partial charge on any atom is 0.254 e. The summed E-state index contributed by atoms with van der Waals surface area (Å²) in [5, 5.41) is 13.9. The minimum Gasteiger partial charge on any atom is -0.298 e. The van der Waals surface area contributed by atoms with Crippen LogP contribution in [0, 0.1) is 68.0 Å². The molecule has 0 aromatic carbocycles. The van der Waals surface area contributed by atoms with Crippen molar-refractivity contribution in [2.24, 2.45) is 56.7 Å². The number of fused-ring (bicyclic) bond motifs is 7. The Morgan fingerprint density at radius 2 is 1.71 bits per heavy atom. The lowest BCUT2D eigenvalue weighted by Crippen LogP contribution is -2.65. The molecule has 42 heavy (non-hydrogen) atoms. The molecule has 9 atom stereocenters. The number of aromatic nitrogens is 3. The quantitative estimate of drug-likeness (QED) is 0.335. The van der Waals surface area contributed by atoms with Crippen LogP contribution in [-0.2, 0) is 9.59 Å². The van der Waals surface area contributed by atoms with Crippen molar-refractivity contribution in [3.8, 4) is 6.07 Å². The van der Waals surface area contributed by atoms with Crippen molar-refractivity contribution < 1.29 is 14.4 Å². The first-order valence-corrected chi connectivity index (χ1v) is 16.0. The van der Waals surface area contributed by atoms with Gasteiger partial charge in [0.15, 0.2) is 11.6 Å². The largest absolute Gasteiger partial charge is 0.298 e. The van der Waals surface area contributed by atoms with Crippen molar-refractivity contribution in [3.63, 3.8) is 0 Å². The second-order valence-electron chi connectivity index (χ2n) is 15.0. The summed E-state index contributed by atoms with van der Waals surface area (Å²) >= 11 is 0. The molecule has 0 radical (unpaired) electrons. The number of hydrogen-bond donors (Lipinski definition) is 0. The molecule has 3 saturated carbocycles. The Labute approximate surface area is 251 Å². The first-order valence-electron chi connectivity index (χ1n) is 16.0. The summed E-state index contributed by atoms with van der Waals surface area (Å²) in [5.74, 6) is -1.19. The number of carbonyl (C=O) groups excluding carboxylic acids is 3. The van der Waals surface area contributed by atoms with Crippen LogP contribution in [-0.4, -0.2) is 32.2 Å². The molecule has 1 aromatic heterocycles. The topological polar surface area (TPSA) is 106 Å². The summed E-state index contributed by atoms with van der Waals surface area (Å²) in [4.78, 5) is 45.9. The molecule has 226 valence electrons. The predicted molar refractivity (Wildman–Crippen MR) is 161 cm³/mol. The summed E-state index contributed by atoms with van der Waals surface area (Å²) < 4.78 is 1.40. The SMILES string of the molecule is CC.C[C@H]1C(=O)C(C#N)C=C[C@]2(C)C3=CC(=O)C4C5CC(C)(C)CC[C@]5(C(=O)n5cncn5)CCC4(C)[C@]3(C)CCC12. The Bertz CT molecular complexity index is 1380. The van der Waals surface area contributed by atoms with E-state index in [4.69, 9.17) is 0 Å². The average molecular weight is 573 g/mol. The van der Waals surface area contributed by atoms with Crippen molar-refractivity contribution in [1.82, 2.24) is 14.8 Å². The zero-order chi connectivity index (χ0) is 30.9. The normalized spacial score (nSPS) is 43.6. The van der Waals surface area contributed by atoms with Crippen LogP contribution in [0.1, 0.15) is 105 Å². The van der Waals surface area contributed by atoms with Gasteiger partial charge in [0.05, 0.1) is 11.5 Å². The Kier molecular flexibility index (Phi) is 7.35. The van der Waals surface area contributed by atoms with Gasteiger partial charge in [-0.1, -0.05) is 73.1 Å². The van der Waals surface area contributed by atoms with Gasteiger partial charge in [-0.05, 0) is 79.1 Å². The number of rotatable bonds is 1. The standard InChI is InChI=1S/C33H42N4O3.C2H6/c1-20-22-8-10-31(5)25(30(22,4)9-7-21(17-34)27(20)39)15-24(38)26-23-16-29(2,3)11-13-33(23,14-12-32(26,31)6)28(40)37-19-35-18-36-37;1-2/h7,9,15,18-23,26H,8,10-14,16H2,1-6H3;1-2H3/t20-,21?,22?,23?,26?,30+,31-,32?,33+;/m1./s1. The summed E-state index contributed by atoms with van der Waals surface area (Å²) in [6.07, 6.45) is 14.5. The number of nitriles is 1. The van der Waals surface area contributed by atoms with Crippen LogP contribution < -0.4 is 0 Å². The molecule has 0 amide bonds. The molecule has 6 rings (SSSR count). The number of ketones is 2. The highest BCUT2D eigenvalue weighted by atomic mass is 16.2. The van der Waals surface area contributed by atoms with Gasteiger partial charge in [0.25, 0.3) is 5.91 Å². The number of carbonyl (C=O) groups is 3. The smallest absolute Gasteiger partial charge is 0.254 e. The van der Waals surface area contributed by atoms with E-state index in [-0.39, 0.29) is 57.4 Å². The molecular weight excluding hydrogens is 524 g/mol. The maximum atomic E-state index is 14.6. The average Bonchev–Trinajstić information content (AvgIpc) is 3.47. The third-order valence-electron chi connectivity index (χ3n) is 12.8. The van der Waals surface area contributed by atoms with E-state index in [1.54, 1.807) is 6.08 Å². The minimum absolute atomic E-state index is 0.0126. The molecule has 7 heteroatoms. The Balaban J connectivity index is 0.00000173. The van der Waals surface area contributed by atoms with Gasteiger partial charge in [0.1, 0.15) is 18.6 Å². The van der Waals surface area contributed by atoms with Crippen LogP contribution >= 0.6 is 0 Å². The van der Waals surface area contributed by atoms with Crippen molar-refractivity contribution in [2.75, 3.05) is 0 Å². The van der Waals surface area contributed by atoms with E-state index in [2.05, 4.69) is 56.8 Å². The molecule has 0 aliphatic heterocycles. The lowest BCUT2D eigenvalue weighted by Gasteiger charge is -2.68. The van der Waals surface area contributed by atoms with E-state index in [1.807, 2.05) is 26.8 Å². The van der Waals surface area contributed by atoms with E-state index in [0.717, 1.165) is 50.5 Å². The van der Waals surface area contributed by atoms with Crippen LogP contribution in [0.25, 0.3) is 0 Å². The Hall–Kier alpha value is -2.88. The molecule has 0 spiro atoms. The van der Waals surface area contributed by atoms with Crippen LogP contribution in [0.3, 0.4) is 0 Å². The monoisotopic (exact) mass is 572 g/mol. The first kappa shape index (κ1) is 30.6. The number of nitrogens with zero attached hydrogens (tertiary/aromatic N) is 4. The fourth-order valence-corrected chi connectivity index (χ4v) is 10.3. The molecule has 1 aromatic rings. The highest BCUT2D eigenvalue weighted by molar-refractivity contribution is 5.97. The van der Waals surface area contributed by atoms with Crippen LogP contribution in [0.5, 0.6) is 0 Å². The summed E-state index contributed by atoms with van der Waals surface area (Å²) in [7, 11) is 0. The molecule has 5 unspecified atom stereocenters. The fourth-order valence-electron chi connectivity index (χ4n) is 10.3. The van der Waals surface area contributed by atoms with Gasteiger partial charge >= 0.3 is 0 Å². The fraction of sp³-hybridized carbons (Fsp3) is 0.714. The molecule has 0 saturated heterocycles. The number of hydrogen-bond acceptors (Lipinski definition) is 6. The third kappa shape index (κ3) is 3.99. The Morgan fingerprint density at radius 1 is 1.02 bits per heavy atom. The van der Waals surface area contributed by atoms with Crippen molar-refractivity contribution in [2.45, 2.75) is 100 Å². The second kappa shape index (κ2) is 10.1. The predicted octanol–water partition coefficient (Wildman–Crippen LogP) is 7.02. The van der Waals surface area contributed by atoms with Crippen molar-refractivity contribution >= 4 is 17.5 Å². The first-order chi connectivity index (χ1) is 19.7. The van der Waals surface area contributed by atoms with Gasteiger partial charge in [-0.3, -0.25) is 14.4 Å². The molecule has 0 bridgehead atoms. The van der Waals surface area contributed by atoms with Gasteiger partial charge in [-0.2, -0.15) is 15.0 Å². The summed E-state index contributed by atoms with van der Waals surface area (Å²) in [5.41, 5.74) is -0.534. The Morgan fingerprint density at radius 3 is 2.36 bits per heavy atom. The van der Waals surface area contributed by atoms with Crippen LogP contribution in [0.15, 0.2) is 36.5 Å². The molecule has 5 aliphatic rings. The van der Waals surface area contributed by atoms with E-state index in [0.29, 0.717) is 0 Å². The summed E-state index contributed by atoms with van der Waals surface area (Å²) in [6.45, 7) is 17.3. The van der Waals surface area contributed by atoms with Crippen LogP contribution in [0.2, 0.25) is 0 Å². The zero-order valence-electron chi connectivity index (χ0n) is 26.7. The molecule has 3 fully saturated rings. The van der Waals surface area contributed by atoms with Gasteiger partial charge in [0, 0.05) is 17.3 Å². The van der Waals surface area contributed by atoms with E-state index < -0.39 is 16.7 Å². The lowest BCUT2D eigenvalue weighted by atomic mass is 9.35. The van der Waals surface area contributed by atoms with Gasteiger partial charge in [-0.15, -0.1) is 0 Å². The maximum absolute atomic E-state index is 14.6. The van der Waals surface area contributed by atoms with Gasteiger partial charge in [0.2, 0.25) is 0 Å². The van der Waals surface area contributed by atoms with E-state index in [9.17, 15) is 19.6 Å². The zero-order valence-corrected chi connectivity index (χ0v) is 26.7. The summed E-state index contributed by atoms with van der Waals surface area (Å²) in [6, 6.07) is 2.19. The second-order valence-corrected chi connectivity index (χ2v) is 15.0. The molecular formula is C35H48N4O3. The van der Waals surface area contributed by atoms with E-state index in [1.165, 1.54) is 17.3 Å². The third-order valence-corrected chi connectivity index (χ3v) is 12.8. The van der Waals surface area contributed by atoms with Gasteiger partial charge in [-0.25, -0.2) is 4.98 Å². The molecule has 5 aliphatic carbocycles. The van der Waals surface area contributed by atoms with Gasteiger partial charge < -0.3 is 0 Å².